The van der Waals surface area contributed by atoms with Crippen molar-refractivity contribution >= 4 is 38.9 Å². The number of nitrogens with one attached hydrogen (secondary N) is 2. The highest BCUT2D eigenvalue weighted by Crippen LogP contribution is 2.14. The highest BCUT2D eigenvalue weighted by atomic mass is 79.9. The minimum atomic E-state index is 0.654. The number of nitrogens with zero attached hydrogens (tertiary/aromatic N) is 2. The summed E-state index contributed by atoms with van der Waals surface area (Å²) in [5, 5.41) is 11.5. The molecule has 0 aliphatic rings. The van der Waals surface area contributed by atoms with Crippen LogP contribution in [-0.4, -0.2) is 21.4 Å². The molecule has 0 unspecified atom stereocenters. The lowest BCUT2D eigenvalue weighted by molar-refractivity contribution is 0.570. The Kier molecular flexibility index (Phi) is 5.97. The molecule has 0 aliphatic heterocycles. The Labute approximate surface area is 145 Å². The zero-order valence-electron chi connectivity index (χ0n) is 13.1. The van der Waals surface area contributed by atoms with Crippen molar-refractivity contribution in [2.24, 2.45) is 0 Å². The van der Waals surface area contributed by atoms with Crippen molar-refractivity contribution in [1.29, 1.82) is 0 Å². The van der Waals surface area contributed by atoms with Crippen LogP contribution >= 0.6 is 28.1 Å². The molecule has 2 aromatic rings. The number of anilines is 1. The van der Waals surface area contributed by atoms with Gasteiger partial charge in [0.05, 0.1) is 10.2 Å². The van der Waals surface area contributed by atoms with Gasteiger partial charge in [0, 0.05) is 25.0 Å². The molecule has 22 heavy (non-hydrogen) atoms. The average molecular weight is 381 g/mol. The number of hydrogen-bond acceptors (Lipinski definition) is 2. The van der Waals surface area contributed by atoms with Gasteiger partial charge in [-0.1, -0.05) is 6.07 Å². The Morgan fingerprint density at radius 3 is 2.68 bits per heavy atom. The fourth-order valence-electron chi connectivity index (χ4n) is 2.05. The largest absolute Gasteiger partial charge is 0.362 e. The van der Waals surface area contributed by atoms with E-state index >= 15 is 0 Å². The average Bonchev–Trinajstić information content (AvgIpc) is 2.78. The maximum Gasteiger partial charge on any atom is 0.170 e. The van der Waals surface area contributed by atoms with Gasteiger partial charge >= 0.3 is 0 Å². The third kappa shape index (κ3) is 4.81. The molecule has 0 atom stereocenters. The number of aromatic nitrogens is 2. The van der Waals surface area contributed by atoms with Crippen LogP contribution in [0.15, 0.2) is 28.9 Å². The lowest BCUT2D eigenvalue weighted by Gasteiger charge is -2.11. The molecule has 6 heteroatoms. The van der Waals surface area contributed by atoms with Crippen LogP contribution in [0.4, 0.5) is 5.69 Å². The van der Waals surface area contributed by atoms with Gasteiger partial charge in [-0.05, 0) is 78.6 Å². The normalized spacial score (nSPS) is 10.5. The molecule has 0 radical (unpaired) electrons. The fraction of sp³-hybridized carbons (Fsp3) is 0.375. The van der Waals surface area contributed by atoms with Crippen LogP contribution in [-0.2, 0) is 6.54 Å². The van der Waals surface area contributed by atoms with Crippen molar-refractivity contribution in [2.75, 3.05) is 11.9 Å². The molecule has 4 nitrogen and oxygen atoms in total. The summed E-state index contributed by atoms with van der Waals surface area (Å²) in [7, 11) is 0. The van der Waals surface area contributed by atoms with Crippen LogP contribution in [0.3, 0.4) is 0 Å². The summed E-state index contributed by atoms with van der Waals surface area (Å²) in [6, 6.07) is 6.24. The third-order valence-corrected chi connectivity index (χ3v) is 4.53. The van der Waals surface area contributed by atoms with E-state index in [1.165, 1.54) is 11.1 Å². The molecule has 0 fully saturated rings. The van der Waals surface area contributed by atoms with Gasteiger partial charge in [0.1, 0.15) is 0 Å². The number of benzene rings is 1. The van der Waals surface area contributed by atoms with E-state index in [-0.39, 0.29) is 0 Å². The number of rotatable bonds is 5. The van der Waals surface area contributed by atoms with Crippen LogP contribution in [0.1, 0.15) is 23.2 Å². The molecule has 1 aromatic heterocycles. The number of aryl methyl sites for hydroxylation is 4. The second-order valence-electron chi connectivity index (χ2n) is 5.36. The summed E-state index contributed by atoms with van der Waals surface area (Å²) < 4.78 is 2.99. The van der Waals surface area contributed by atoms with Crippen LogP contribution < -0.4 is 10.6 Å². The summed E-state index contributed by atoms with van der Waals surface area (Å²) in [6.45, 7) is 7.87. The van der Waals surface area contributed by atoms with Gasteiger partial charge in [0.2, 0.25) is 0 Å². The molecular weight excluding hydrogens is 360 g/mol. The fourth-order valence-corrected chi connectivity index (χ4v) is 2.58. The minimum Gasteiger partial charge on any atom is -0.362 e. The van der Waals surface area contributed by atoms with Crippen molar-refractivity contribution in [3.05, 3.63) is 45.7 Å². The van der Waals surface area contributed by atoms with Crippen molar-refractivity contribution < 1.29 is 0 Å². The molecule has 0 saturated carbocycles. The lowest BCUT2D eigenvalue weighted by Crippen LogP contribution is -2.29. The predicted octanol–water partition coefficient (Wildman–Crippen LogP) is 3.95. The molecule has 0 aliphatic carbocycles. The summed E-state index contributed by atoms with van der Waals surface area (Å²) in [5.41, 5.74) is 4.57. The summed E-state index contributed by atoms with van der Waals surface area (Å²) in [5.74, 6) is 0. The molecule has 0 saturated heterocycles. The third-order valence-electron chi connectivity index (χ3n) is 3.50. The van der Waals surface area contributed by atoms with E-state index in [4.69, 9.17) is 12.2 Å². The van der Waals surface area contributed by atoms with Crippen molar-refractivity contribution in [2.45, 2.75) is 33.7 Å². The Balaban J connectivity index is 1.72. The van der Waals surface area contributed by atoms with Gasteiger partial charge in [-0.3, -0.25) is 4.68 Å². The molecule has 1 heterocycles. The van der Waals surface area contributed by atoms with Gasteiger partial charge in [0.15, 0.2) is 5.11 Å². The summed E-state index contributed by atoms with van der Waals surface area (Å²) >= 11 is 8.78. The smallest absolute Gasteiger partial charge is 0.170 e. The first-order chi connectivity index (χ1) is 10.5. The maximum absolute atomic E-state index is 5.31. The monoisotopic (exact) mass is 380 g/mol. The Morgan fingerprint density at radius 1 is 1.27 bits per heavy atom. The quantitative estimate of drug-likeness (QED) is 0.608. The standard InChI is InChI=1S/C16H21BrN4S/c1-11-5-6-14(9-12(11)2)19-16(22)18-7-4-8-21-10-15(17)13(3)20-21/h5-6,9-10H,4,7-8H2,1-3H3,(H2,18,19,22). The summed E-state index contributed by atoms with van der Waals surface area (Å²) in [6.07, 6.45) is 2.96. The number of hydrogen-bond donors (Lipinski definition) is 2. The molecule has 2 rings (SSSR count). The molecule has 0 amide bonds. The van der Waals surface area contributed by atoms with Crippen LogP contribution in [0, 0.1) is 20.8 Å². The summed E-state index contributed by atoms with van der Waals surface area (Å²) in [4.78, 5) is 0. The first-order valence-electron chi connectivity index (χ1n) is 7.27. The first-order valence-corrected chi connectivity index (χ1v) is 8.47. The van der Waals surface area contributed by atoms with Crippen LogP contribution in [0.2, 0.25) is 0 Å². The molecule has 118 valence electrons. The molecule has 2 N–H and O–H groups in total. The number of thiocarbonyl (C=S) groups is 1. The van der Waals surface area contributed by atoms with Crippen LogP contribution in [0.25, 0.3) is 0 Å². The Bertz CT molecular complexity index is 647. The van der Waals surface area contributed by atoms with Gasteiger partial charge in [-0.2, -0.15) is 5.10 Å². The molecule has 0 bridgehead atoms. The van der Waals surface area contributed by atoms with Crippen molar-refractivity contribution in [1.82, 2.24) is 15.1 Å². The Morgan fingerprint density at radius 2 is 2.05 bits per heavy atom. The van der Waals surface area contributed by atoms with E-state index in [9.17, 15) is 0 Å². The second kappa shape index (κ2) is 7.74. The maximum atomic E-state index is 5.31. The highest BCUT2D eigenvalue weighted by molar-refractivity contribution is 9.10. The van der Waals surface area contributed by atoms with E-state index in [1.807, 2.05) is 23.9 Å². The van der Waals surface area contributed by atoms with E-state index < -0.39 is 0 Å². The molecular formula is C16H21BrN4S. The topological polar surface area (TPSA) is 41.9 Å². The van der Waals surface area contributed by atoms with E-state index in [2.05, 4.69) is 57.6 Å². The predicted molar refractivity (Wildman–Crippen MR) is 99.4 cm³/mol. The van der Waals surface area contributed by atoms with Gasteiger partial charge < -0.3 is 10.6 Å². The zero-order chi connectivity index (χ0) is 16.1. The number of halogens is 1. The van der Waals surface area contributed by atoms with E-state index in [0.717, 1.165) is 35.4 Å². The van der Waals surface area contributed by atoms with Gasteiger partial charge in [0.25, 0.3) is 0 Å². The van der Waals surface area contributed by atoms with Crippen molar-refractivity contribution in [3.63, 3.8) is 0 Å². The van der Waals surface area contributed by atoms with Gasteiger partial charge in [-0.15, -0.1) is 0 Å². The minimum absolute atomic E-state index is 0.654. The highest BCUT2D eigenvalue weighted by Gasteiger charge is 2.02. The SMILES string of the molecule is Cc1ccc(NC(=S)NCCCn2cc(Br)c(C)n2)cc1C. The second-order valence-corrected chi connectivity index (χ2v) is 6.62. The van der Waals surface area contributed by atoms with Crippen LogP contribution in [0.5, 0.6) is 0 Å². The molecule has 1 aromatic carbocycles. The van der Waals surface area contributed by atoms with Crippen molar-refractivity contribution in [3.8, 4) is 0 Å². The Hall–Kier alpha value is -1.40. The van der Waals surface area contributed by atoms with E-state index in [0.29, 0.717) is 5.11 Å². The molecule has 0 spiro atoms. The van der Waals surface area contributed by atoms with Gasteiger partial charge in [-0.25, -0.2) is 0 Å². The zero-order valence-corrected chi connectivity index (χ0v) is 15.5. The van der Waals surface area contributed by atoms with E-state index in [1.54, 1.807) is 0 Å². The first kappa shape index (κ1) is 17.0. The lowest BCUT2D eigenvalue weighted by atomic mass is 10.1.